The Hall–Kier alpha value is -2.84. The van der Waals surface area contributed by atoms with Gasteiger partial charge in [0.1, 0.15) is 18.2 Å². The second-order valence-corrected chi connectivity index (χ2v) is 8.27. The van der Waals surface area contributed by atoms with Crippen LogP contribution in [-0.4, -0.2) is 54.7 Å². The first-order chi connectivity index (χ1) is 15.4. The lowest BCUT2D eigenvalue weighted by Crippen LogP contribution is -2.45. The highest BCUT2D eigenvalue weighted by molar-refractivity contribution is 5.79. The smallest absolute Gasteiger partial charge is 0.470 e. The number of halogens is 1. The van der Waals surface area contributed by atoms with Gasteiger partial charge in [-0.25, -0.2) is 9.18 Å². The van der Waals surface area contributed by atoms with E-state index in [9.17, 15) is 18.8 Å². The summed E-state index contributed by atoms with van der Waals surface area (Å²) in [6.45, 7) is 3.24. The first kappa shape index (κ1) is 23.8. The van der Waals surface area contributed by atoms with Crippen molar-refractivity contribution < 1.29 is 33.0 Å². The van der Waals surface area contributed by atoms with Gasteiger partial charge in [0, 0.05) is 38.4 Å². The van der Waals surface area contributed by atoms with E-state index in [0.29, 0.717) is 44.5 Å². The van der Waals surface area contributed by atoms with Crippen LogP contribution in [0.1, 0.15) is 51.9 Å². The van der Waals surface area contributed by atoms with Crippen molar-refractivity contribution in [2.75, 3.05) is 19.7 Å². The number of nitrogens with one attached hydrogen (secondary N) is 1. The fourth-order valence-electron chi connectivity index (χ4n) is 4.11. The van der Waals surface area contributed by atoms with Crippen LogP contribution in [0.2, 0.25) is 0 Å². The molecule has 1 N–H and O–H groups in total. The number of cyclic esters (lactones) is 2. The van der Waals surface area contributed by atoms with E-state index in [1.54, 1.807) is 4.90 Å². The van der Waals surface area contributed by atoms with Crippen LogP contribution in [0.15, 0.2) is 36.1 Å². The predicted octanol–water partition coefficient (Wildman–Crippen LogP) is 3.50. The van der Waals surface area contributed by atoms with E-state index in [2.05, 4.69) is 5.32 Å². The Kier molecular flexibility index (Phi) is 8.70. The van der Waals surface area contributed by atoms with Crippen molar-refractivity contribution in [3.8, 4) is 0 Å². The molecule has 1 fully saturated rings. The van der Waals surface area contributed by atoms with E-state index < -0.39 is 24.1 Å². The third-order valence-electron chi connectivity index (χ3n) is 5.64. The number of fused-ring (bicyclic) bond motifs is 2. The summed E-state index contributed by atoms with van der Waals surface area (Å²) in [5.41, 5.74) is 0. The molecular formula is C23H31FN2O6. The van der Waals surface area contributed by atoms with Gasteiger partial charge >= 0.3 is 6.16 Å². The zero-order chi connectivity index (χ0) is 22.9. The van der Waals surface area contributed by atoms with Gasteiger partial charge in [-0.05, 0) is 43.8 Å². The van der Waals surface area contributed by atoms with Crippen molar-refractivity contribution in [3.63, 3.8) is 0 Å². The Labute approximate surface area is 187 Å². The molecular weight excluding hydrogens is 419 g/mol. The van der Waals surface area contributed by atoms with Crippen molar-refractivity contribution >= 4 is 18.0 Å². The minimum Gasteiger partial charge on any atom is -0.470 e. The van der Waals surface area contributed by atoms with Gasteiger partial charge in [0.15, 0.2) is 6.10 Å². The van der Waals surface area contributed by atoms with Crippen LogP contribution in [0.5, 0.6) is 0 Å². The molecule has 0 radical (unpaired) electrons. The van der Waals surface area contributed by atoms with Gasteiger partial charge in [0.25, 0.3) is 0 Å². The van der Waals surface area contributed by atoms with Crippen molar-refractivity contribution in [2.45, 2.75) is 64.0 Å². The first-order valence-electron chi connectivity index (χ1n) is 11.2. The molecule has 32 heavy (non-hydrogen) atoms. The van der Waals surface area contributed by atoms with E-state index in [0.717, 1.165) is 6.42 Å². The molecule has 2 aliphatic heterocycles. The second-order valence-electron chi connectivity index (χ2n) is 8.27. The Morgan fingerprint density at radius 3 is 2.84 bits per heavy atom. The van der Waals surface area contributed by atoms with Crippen LogP contribution in [0.25, 0.3) is 0 Å². The fourth-order valence-corrected chi connectivity index (χ4v) is 4.11. The number of carbonyl (C=O) groups excluding carboxylic acids is 3. The highest BCUT2D eigenvalue weighted by Gasteiger charge is 2.35. The lowest BCUT2D eigenvalue weighted by molar-refractivity contribution is -0.131. The molecule has 9 heteroatoms. The molecule has 0 saturated carbocycles. The Morgan fingerprint density at radius 2 is 2.09 bits per heavy atom. The summed E-state index contributed by atoms with van der Waals surface area (Å²) < 4.78 is 29.9. The summed E-state index contributed by atoms with van der Waals surface area (Å²) in [5, 5.41) is 2.90. The van der Waals surface area contributed by atoms with Crippen LogP contribution < -0.4 is 5.32 Å². The number of hydrogen-bond acceptors (Lipinski definition) is 6. The highest BCUT2D eigenvalue weighted by atomic mass is 19.1. The SMILES string of the molecule is CCCN1CCC=COC2=CC(F)=CC(C2)CC(C2COC(=O)O2)NC(=O)CCCC1=O. The minimum atomic E-state index is -0.784. The number of rotatable bonds is 3. The number of ether oxygens (including phenoxy) is 3. The molecule has 2 heterocycles. The van der Waals surface area contributed by atoms with Gasteiger partial charge in [0.05, 0.1) is 12.3 Å². The third-order valence-corrected chi connectivity index (χ3v) is 5.64. The molecule has 0 aromatic rings. The third kappa shape index (κ3) is 7.10. The topological polar surface area (TPSA) is 94.2 Å². The Bertz CT molecular complexity index is 793. The maximum atomic E-state index is 14.2. The van der Waals surface area contributed by atoms with Gasteiger partial charge in [-0.2, -0.15) is 0 Å². The maximum absolute atomic E-state index is 14.2. The lowest BCUT2D eigenvalue weighted by Gasteiger charge is -2.27. The molecule has 1 saturated heterocycles. The molecule has 0 spiro atoms. The van der Waals surface area contributed by atoms with Crippen LogP contribution in [0.4, 0.5) is 9.18 Å². The molecule has 176 valence electrons. The van der Waals surface area contributed by atoms with Gasteiger partial charge in [0.2, 0.25) is 11.8 Å². The summed E-state index contributed by atoms with van der Waals surface area (Å²) in [6, 6.07) is -0.541. The van der Waals surface area contributed by atoms with Crippen molar-refractivity contribution in [1.82, 2.24) is 10.2 Å². The quantitative estimate of drug-likeness (QED) is 0.662. The zero-order valence-corrected chi connectivity index (χ0v) is 18.4. The minimum absolute atomic E-state index is 0.0118. The summed E-state index contributed by atoms with van der Waals surface area (Å²) in [4.78, 5) is 38.3. The number of allylic oxidation sites excluding steroid dienone is 4. The number of amides is 2. The highest BCUT2D eigenvalue weighted by Crippen LogP contribution is 2.29. The van der Waals surface area contributed by atoms with E-state index in [1.807, 2.05) is 13.0 Å². The number of nitrogens with zero attached hydrogens (tertiary/aromatic N) is 1. The van der Waals surface area contributed by atoms with E-state index in [-0.39, 0.29) is 37.2 Å². The largest absolute Gasteiger partial charge is 0.508 e. The predicted molar refractivity (Wildman–Crippen MR) is 114 cm³/mol. The Morgan fingerprint density at radius 1 is 1.25 bits per heavy atom. The number of carbonyl (C=O) groups is 3. The standard InChI is InChI=1S/C23H31FN2O6/c1-2-8-26-9-3-4-10-30-18-12-16(11-17(24)14-18)13-19(20-15-31-23(29)32-20)25-21(27)6-5-7-22(26)28/h4,10-11,14,16,19-20H,2-3,5-9,12-13,15H2,1H3,(H,25,27). The van der Waals surface area contributed by atoms with Crippen LogP contribution in [0, 0.1) is 5.92 Å². The molecule has 3 unspecified atom stereocenters. The van der Waals surface area contributed by atoms with Gasteiger partial charge in [-0.3, -0.25) is 9.59 Å². The molecule has 0 aromatic heterocycles. The van der Waals surface area contributed by atoms with Crippen LogP contribution in [-0.2, 0) is 23.8 Å². The summed E-state index contributed by atoms with van der Waals surface area (Å²) in [7, 11) is 0. The fraction of sp³-hybridized carbons (Fsp3) is 0.609. The van der Waals surface area contributed by atoms with Gasteiger partial charge in [-0.15, -0.1) is 0 Å². The molecule has 0 aromatic carbocycles. The molecule has 2 amide bonds. The maximum Gasteiger partial charge on any atom is 0.508 e. The molecule has 1 aliphatic carbocycles. The average Bonchev–Trinajstić information content (AvgIpc) is 3.17. The molecule has 2 bridgehead atoms. The second kappa shape index (κ2) is 11.7. The summed E-state index contributed by atoms with van der Waals surface area (Å²) in [6.07, 6.45) is 7.89. The monoisotopic (exact) mass is 450 g/mol. The van der Waals surface area contributed by atoms with E-state index in [4.69, 9.17) is 14.2 Å². The summed E-state index contributed by atoms with van der Waals surface area (Å²) in [5.74, 6) is -0.414. The van der Waals surface area contributed by atoms with Crippen molar-refractivity contribution in [3.05, 3.63) is 36.1 Å². The van der Waals surface area contributed by atoms with Gasteiger partial charge in [-0.1, -0.05) is 6.92 Å². The van der Waals surface area contributed by atoms with Gasteiger partial charge < -0.3 is 24.4 Å². The molecule has 3 atom stereocenters. The zero-order valence-electron chi connectivity index (χ0n) is 18.4. The van der Waals surface area contributed by atoms with Crippen molar-refractivity contribution in [1.29, 1.82) is 0 Å². The average molecular weight is 451 g/mol. The molecule has 3 aliphatic rings. The normalized spacial score (nSPS) is 28.0. The lowest BCUT2D eigenvalue weighted by atomic mass is 9.89. The molecule has 3 rings (SSSR count). The van der Waals surface area contributed by atoms with E-state index in [1.165, 1.54) is 18.4 Å². The summed E-state index contributed by atoms with van der Waals surface area (Å²) >= 11 is 0. The van der Waals surface area contributed by atoms with Crippen LogP contribution in [0.3, 0.4) is 0 Å². The van der Waals surface area contributed by atoms with Crippen LogP contribution >= 0.6 is 0 Å². The first-order valence-corrected chi connectivity index (χ1v) is 11.2. The van der Waals surface area contributed by atoms with Crippen molar-refractivity contribution in [2.24, 2.45) is 5.92 Å². The molecule has 8 nitrogen and oxygen atoms in total. The van der Waals surface area contributed by atoms with E-state index >= 15 is 0 Å². The Balaban J connectivity index is 1.75. The number of hydrogen-bond donors (Lipinski definition) is 1.